The molecule has 1 atom stereocenters. The fourth-order valence-corrected chi connectivity index (χ4v) is 3.70. The molecule has 0 aromatic heterocycles. The van der Waals surface area contributed by atoms with E-state index in [4.69, 9.17) is 39.9 Å². The molecule has 0 heterocycles. The number of benzene rings is 2. The second kappa shape index (κ2) is 8.55. The Bertz CT molecular complexity index is 789. The molecule has 2 aromatic rings. The van der Waals surface area contributed by atoms with E-state index in [1.54, 1.807) is 18.2 Å². The standard InChI is InChI=1S/C16H10BrCl3F3NS/c17-11-5-8(2-4-14(11)25-24)1-3-10(16(21,22)23)9-6-12(18)15(20)13(19)7-9/h1-7,10H,24H2. The molecule has 2 rings (SSSR count). The lowest BCUT2D eigenvalue weighted by Crippen LogP contribution is -2.19. The normalized spacial score (nSPS) is 13.4. The molecule has 1 unspecified atom stereocenters. The lowest BCUT2D eigenvalue weighted by atomic mass is 9.97. The van der Waals surface area contributed by atoms with Crippen LogP contribution in [0.5, 0.6) is 0 Å². The first kappa shape index (κ1) is 20.9. The molecule has 0 saturated heterocycles. The molecule has 25 heavy (non-hydrogen) atoms. The van der Waals surface area contributed by atoms with Crippen LogP contribution in [-0.4, -0.2) is 6.18 Å². The topological polar surface area (TPSA) is 26.0 Å². The molecule has 9 heteroatoms. The highest BCUT2D eigenvalue weighted by Crippen LogP contribution is 2.41. The predicted octanol–water partition coefficient (Wildman–Crippen LogP) is 7.73. The Morgan fingerprint density at radius 3 is 2.16 bits per heavy atom. The summed E-state index contributed by atoms with van der Waals surface area (Å²) in [6.45, 7) is 0. The van der Waals surface area contributed by atoms with Crippen molar-refractivity contribution in [1.82, 2.24) is 0 Å². The number of hydrogen-bond donors (Lipinski definition) is 1. The fraction of sp³-hybridized carbons (Fsp3) is 0.125. The number of allylic oxidation sites excluding steroid dienone is 1. The third kappa shape index (κ3) is 5.31. The van der Waals surface area contributed by atoms with E-state index < -0.39 is 12.1 Å². The number of alkyl halides is 3. The molecule has 0 fully saturated rings. The summed E-state index contributed by atoms with van der Waals surface area (Å²) in [4.78, 5) is 0.779. The Hall–Kier alpha value is -0.370. The van der Waals surface area contributed by atoms with Crippen molar-refractivity contribution in [2.75, 3.05) is 0 Å². The molecule has 0 aliphatic rings. The maximum Gasteiger partial charge on any atom is 0.399 e. The minimum atomic E-state index is -4.51. The zero-order chi connectivity index (χ0) is 18.8. The van der Waals surface area contributed by atoms with Crippen LogP contribution in [0, 0.1) is 0 Å². The van der Waals surface area contributed by atoms with Gasteiger partial charge in [-0.05, 0) is 63.3 Å². The first-order chi connectivity index (χ1) is 11.6. The van der Waals surface area contributed by atoms with Gasteiger partial charge in [-0.25, -0.2) is 0 Å². The first-order valence-electron chi connectivity index (χ1n) is 6.69. The van der Waals surface area contributed by atoms with Gasteiger partial charge in [-0.15, -0.1) is 0 Å². The molecule has 2 N–H and O–H groups in total. The first-order valence-corrected chi connectivity index (χ1v) is 9.49. The minimum absolute atomic E-state index is 0.0239. The predicted molar refractivity (Wildman–Crippen MR) is 103 cm³/mol. The zero-order valence-electron chi connectivity index (χ0n) is 12.3. The van der Waals surface area contributed by atoms with Gasteiger partial charge >= 0.3 is 6.18 Å². The molecule has 1 nitrogen and oxygen atoms in total. The maximum atomic E-state index is 13.5. The summed E-state index contributed by atoms with van der Waals surface area (Å²) in [6, 6.07) is 7.41. The lowest BCUT2D eigenvalue weighted by molar-refractivity contribution is -0.139. The summed E-state index contributed by atoms with van der Waals surface area (Å²) in [6.07, 6.45) is -2.08. The van der Waals surface area contributed by atoms with Crippen molar-refractivity contribution in [3.63, 3.8) is 0 Å². The number of nitrogens with two attached hydrogens (primary N) is 1. The Morgan fingerprint density at radius 1 is 1.08 bits per heavy atom. The number of halogens is 7. The Balaban J connectivity index is 2.41. The SMILES string of the molecule is NSc1ccc(C=CC(c2cc(Cl)c(Cl)c(Cl)c2)C(F)(F)F)cc1Br. The molecule has 0 amide bonds. The minimum Gasteiger partial charge on any atom is -0.274 e. The second-order valence-corrected chi connectivity index (χ2v) is 7.71. The summed E-state index contributed by atoms with van der Waals surface area (Å²) in [5.41, 5.74) is 0.501. The van der Waals surface area contributed by atoms with Gasteiger partial charge in [0.1, 0.15) is 0 Å². The highest BCUT2D eigenvalue weighted by molar-refractivity contribution is 9.10. The van der Waals surface area contributed by atoms with Crippen LogP contribution in [-0.2, 0) is 0 Å². The average molecular weight is 492 g/mol. The molecule has 134 valence electrons. The second-order valence-electron chi connectivity index (χ2n) is 4.98. The van der Waals surface area contributed by atoms with Gasteiger partial charge in [0.2, 0.25) is 0 Å². The highest BCUT2D eigenvalue weighted by Gasteiger charge is 2.39. The fourth-order valence-electron chi connectivity index (χ4n) is 2.09. The molecule has 0 aliphatic carbocycles. The molecule has 0 saturated carbocycles. The number of rotatable bonds is 4. The maximum absolute atomic E-state index is 13.5. The average Bonchev–Trinajstić information content (AvgIpc) is 2.51. The van der Waals surface area contributed by atoms with Crippen LogP contribution in [0.25, 0.3) is 6.08 Å². The molecule has 0 aliphatic heterocycles. The third-order valence-corrected chi connectivity index (χ3v) is 6.01. The van der Waals surface area contributed by atoms with Gasteiger partial charge in [-0.1, -0.05) is 53.0 Å². The third-order valence-electron chi connectivity index (χ3n) is 3.28. The van der Waals surface area contributed by atoms with Crippen LogP contribution in [0.15, 0.2) is 45.8 Å². The number of hydrogen-bond acceptors (Lipinski definition) is 2. The van der Waals surface area contributed by atoms with Crippen molar-refractivity contribution in [3.8, 4) is 0 Å². The zero-order valence-corrected chi connectivity index (χ0v) is 16.9. The summed E-state index contributed by atoms with van der Waals surface area (Å²) in [5.74, 6) is -1.87. The molecular formula is C16H10BrCl3F3NS. The van der Waals surface area contributed by atoms with E-state index in [1.165, 1.54) is 18.2 Å². The Labute approximate surface area is 170 Å². The molecule has 0 radical (unpaired) electrons. The van der Waals surface area contributed by atoms with Crippen LogP contribution in [0.3, 0.4) is 0 Å². The van der Waals surface area contributed by atoms with E-state index >= 15 is 0 Å². The van der Waals surface area contributed by atoms with Crippen molar-refractivity contribution >= 4 is 68.8 Å². The summed E-state index contributed by atoms with van der Waals surface area (Å²) >= 11 is 21.9. The summed E-state index contributed by atoms with van der Waals surface area (Å²) in [7, 11) is 0. The monoisotopic (exact) mass is 489 g/mol. The van der Waals surface area contributed by atoms with E-state index in [9.17, 15) is 13.2 Å². The van der Waals surface area contributed by atoms with Gasteiger partial charge in [0.05, 0.1) is 21.0 Å². The van der Waals surface area contributed by atoms with Gasteiger partial charge in [0.15, 0.2) is 0 Å². The van der Waals surface area contributed by atoms with E-state index in [1.807, 2.05) is 0 Å². The van der Waals surface area contributed by atoms with Crippen LogP contribution in [0.1, 0.15) is 17.0 Å². The molecular weight excluding hydrogens is 482 g/mol. The Kier molecular flexibility index (Phi) is 7.16. The largest absolute Gasteiger partial charge is 0.399 e. The van der Waals surface area contributed by atoms with E-state index in [0.717, 1.165) is 22.9 Å². The van der Waals surface area contributed by atoms with E-state index in [2.05, 4.69) is 15.9 Å². The van der Waals surface area contributed by atoms with Gasteiger partial charge < -0.3 is 0 Å². The smallest absolute Gasteiger partial charge is 0.274 e. The lowest BCUT2D eigenvalue weighted by Gasteiger charge is -2.18. The van der Waals surface area contributed by atoms with Crippen LogP contribution in [0.4, 0.5) is 13.2 Å². The van der Waals surface area contributed by atoms with Crippen molar-refractivity contribution < 1.29 is 13.2 Å². The van der Waals surface area contributed by atoms with Gasteiger partial charge in [-0.3, -0.25) is 5.14 Å². The van der Waals surface area contributed by atoms with Crippen molar-refractivity contribution in [2.45, 2.75) is 17.0 Å². The van der Waals surface area contributed by atoms with Gasteiger partial charge in [0, 0.05) is 9.37 Å². The highest BCUT2D eigenvalue weighted by atomic mass is 79.9. The quantitative estimate of drug-likeness (QED) is 0.350. The molecule has 0 spiro atoms. The van der Waals surface area contributed by atoms with Crippen LogP contribution in [0.2, 0.25) is 15.1 Å². The summed E-state index contributed by atoms with van der Waals surface area (Å²) < 4.78 is 41.1. The van der Waals surface area contributed by atoms with Crippen molar-refractivity contribution in [1.29, 1.82) is 0 Å². The van der Waals surface area contributed by atoms with Gasteiger partial charge in [0.25, 0.3) is 0 Å². The van der Waals surface area contributed by atoms with Crippen molar-refractivity contribution in [2.24, 2.45) is 5.14 Å². The van der Waals surface area contributed by atoms with Gasteiger partial charge in [-0.2, -0.15) is 13.2 Å². The summed E-state index contributed by atoms with van der Waals surface area (Å²) in [5, 5.41) is 5.45. The van der Waals surface area contributed by atoms with E-state index in [0.29, 0.717) is 10.0 Å². The van der Waals surface area contributed by atoms with Crippen molar-refractivity contribution in [3.05, 3.63) is 67.1 Å². The molecule has 2 aromatic carbocycles. The van der Waals surface area contributed by atoms with Crippen LogP contribution >= 0.6 is 62.7 Å². The Morgan fingerprint density at radius 2 is 1.68 bits per heavy atom. The van der Waals surface area contributed by atoms with Crippen LogP contribution < -0.4 is 5.14 Å². The molecule has 0 bridgehead atoms. The van der Waals surface area contributed by atoms with E-state index in [-0.39, 0.29) is 20.6 Å².